The molecule has 60 valence electrons. The van der Waals surface area contributed by atoms with E-state index >= 15 is 0 Å². The Balaban J connectivity index is 2.30. The van der Waals surface area contributed by atoms with Gasteiger partial charge in [-0.3, -0.25) is 4.79 Å². The Bertz CT molecular complexity index is 195. The predicted octanol–water partition coefficient (Wildman–Crippen LogP) is 2.18. The van der Waals surface area contributed by atoms with Crippen molar-refractivity contribution in [2.75, 3.05) is 0 Å². The number of hydrogen-bond donors (Lipinski definition) is 0. The minimum atomic E-state index is 0.154. The Morgan fingerprint density at radius 2 is 2.00 bits per heavy atom. The van der Waals surface area contributed by atoms with Crippen LogP contribution in [0.2, 0.25) is 0 Å². The van der Waals surface area contributed by atoms with Crippen LogP contribution in [0.15, 0.2) is 12.2 Å². The topological polar surface area (TPSA) is 17.1 Å². The fourth-order valence-electron chi connectivity index (χ4n) is 2.47. The molecule has 2 rings (SSSR count). The fraction of sp³-hybridized carbons (Fsp3) is 0.700. The highest BCUT2D eigenvalue weighted by Crippen LogP contribution is 2.44. The molecule has 3 atom stereocenters. The smallest absolute Gasteiger partial charge is 0.142 e. The molecule has 1 nitrogen and oxygen atoms in total. The Kier molecular flexibility index (Phi) is 1.41. The van der Waals surface area contributed by atoms with Crippen molar-refractivity contribution >= 4 is 5.78 Å². The molecule has 0 saturated heterocycles. The normalized spacial score (nSPS) is 43.2. The molecule has 0 aromatic heterocycles. The van der Waals surface area contributed by atoms with Crippen LogP contribution in [0.3, 0.4) is 0 Å². The van der Waals surface area contributed by atoms with E-state index in [0.29, 0.717) is 17.6 Å². The van der Waals surface area contributed by atoms with Crippen molar-refractivity contribution in [1.29, 1.82) is 0 Å². The number of carbonyl (C=O) groups is 1. The van der Waals surface area contributed by atoms with E-state index in [4.69, 9.17) is 0 Å². The molecule has 0 N–H and O–H groups in total. The average molecular weight is 150 g/mol. The molecule has 2 aliphatic rings. The van der Waals surface area contributed by atoms with Gasteiger partial charge in [-0.25, -0.2) is 0 Å². The molecule has 0 amide bonds. The molecule has 0 aliphatic heterocycles. The number of carbonyl (C=O) groups excluding carboxylic acids is 1. The van der Waals surface area contributed by atoms with Crippen molar-refractivity contribution in [3.63, 3.8) is 0 Å². The van der Waals surface area contributed by atoms with E-state index in [-0.39, 0.29) is 5.92 Å². The average Bonchev–Trinajstić information content (AvgIpc) is 2.44. The lowest BCUT2D eigenvalue weighted by Gasteiger charge is -2.26. The minimum absolute atomic E-state index is 0.154. The molecule has 3 unspecified atom stereocenters. The summed E-state index contributed by atoms with van der Waals surface area (Å²) in [6.07, 6.45) is 3.43. The van der Waals surface area contributed by atoms with Crippen LogP contribution in [-0.4, -0.2) is 5.78 Å². The fourth-order valence-corrected chi connectivity index (χ4v) is 2.47. The summed E-state index contributed by atoms with van der Waals surface area (Å²) in [6, 6.07) is 0. The van der Waals surface area contributed by atoms with Gasteiger partial charge in [-0.1, -0.05) is 19.1 Å². The van der Waals surface area contributed by atoms with Gasteiger partial charge in [0.2, 0.25) is 0 Å². The molecule has 0 heterocycles. The van der Waals surface area contributed by atoms with Gasteiger partial charge in [-0.05, 0) is 25.2 Å². The van der Waals surface area contributed by atoms with E-state index in [9.17, 15) is 4.79 Å². The lowest BCUT2D eigenvalue weighted by Crippen LogP contribution is -2.27. The van der Waals surface area contributed by atoms with Crippen molar-refractivity contribution in [3.05, 3.63) is 12.2 Å². The van der Waals surface area contributed by atoms with E-state index in [1.807, 2.05) is 6.92 Å². The van der Waals surface area contributed by atoms with Gasteiger partial charge in [0.15, 0.2) is 0 Å². The van der Waals surface area contributed by atoms with Crippen molar-refractivity contribution < 1.29 is 4.79 Å². The lowest BCUT2D eigenvalue weighted by atomic mass is 9.77. The second kappa shape index (κ2) is 2.20. The van der Waals surface area contributed by atoms with Crippen molar-refractivity contribution in [2.24, 2.45) is 17.8 Å². The molecule has 11 heavy (non-hydrogen) atoms. The maximum atomic E-state index is 11.5. The number of ketones is 1. The maximum Gasteiger partial charge on any atom is 0.142 e. The van der Waals surface area contributed by atoms with Crippen LogP contribution in [0.1, 0.15) is 26.2 Å². The summed E-state index contributed by atoms with van der Waals surface area (Å²) in [5.74, 6) is 1.66. The summed E-state index contributed by atoms with van der Waals surface area (Å²) in [7, 11) is 0. The summed E-state index contributed by atoms with van der Waals surface area (Å²) in [6.45, 7) is 6.01. The standard InChI is InChI=1S/C10H14O/c1-6-7(2)10(11)9-4-3-8(6)5-9/h7-9H,1,3-5H2,2H3. The number of hydrogen-bond acceptors (Lipinski definition) is 1. The van der Waals surface area contributed by atoms with Crippen LogP contribution in [0.5, 0.6) is 0 Å². The number of fused-ring (bicyclic) bond motifs is 2. The highest BCUT2D eigenvalue weighted by atomic mass is 16.1. The molecular weight excluding hydrogens is 136 g/mol. The molecule has 1 heteroatoms. The van der Waals surface area contributed by atoms with Crippen molar-refractivity contribution in [2.45, 2.75) is 26.2 Å². The Hall–Kier alpha value is -0.590. The SMILES string of the molecule is C=C1C2CCC(C2)C(=O)C1C. The monoisotopic (exact) mass is 150 g/mol. The second-order valence-corrected chi connectivity index (χ2v) is 3.91. The molecule has 0 spiro atoms. The van der Waals surface area contributed by atoms with Crippen LogP contribution in [0.4, 0.5) is 0 Å². The first kappa shape index (κ1) is 7.08. The zero-order valence-electron chi connectivity index (χ0n) is 6.97. The summed E-state index contributed by atoms with van der Waals surface area (Å²) < 4.78 is 0. The van der Waals surface area contributed by atoms with Crippen molar-refractivity contribution in [1.82, 2.24) is 0 Å². The van der Waals surface area contributed by atoms with E-state index < -0.39 is 0 Å². The Morgan fingerprint density at radius 1 is 1.36 bits per heavy atom. The molecule has 0 aromatic carbocycles. The van der Waals surface area contributed by atoms with Gasteiger partial charge < -0.3 is 0 Å². The van der Waals surface area contributed by atoms with E-state index in [0.717, 1.165) is 12.8 Å². The molecule has 2 saturated carbocycles. The zero-order valence-corrected chi connectivity index (χ0v) is 6.97. The van der Waals surface area contributed by atoms with Gasteiger partial charge in [-0.2, -0.15) is 0 Å². The van der Waals surface area contributed by atoms with Gasteiger partial charge >= 0.3 is 0 Å². The van der Waals surface area contributed by atoms with Crippen LogP contribution in [-0.2, 0) is 4.79 Å². The summed E-state index contributed by atoms with van der Waals surface area (Å²) in [4.78, 5) is 11.5. The van der Waals surface area contributed by atoms with Gasteiger partial charge in [0.25, 0.3) is 0 Å². The van der Waals surface area contributed by atoms with Gasteiger partial charge in [0.1, 0.15) is 5.78 Å². The van der Waals surface area contributed by atoms with Gasteiger partial charge in [0, 0.05) is 11.8 Å². The molecule has 2 fully saturated rings. The maximum absolute atomic E-state index is 11.5. The largest absolute Gasteiger partial charge is 0.299 e. The Morgan fingerprint density at radius 3 is 2.73 bits per heavy atom. The molecule has 2 bridgehead atoms. The first-order chi connectivity index (χ1) is 5.20. The first-order valence-corrected chi connectivity index (χ1v) is 4.42. The minimum Gasteiger partial charge on any atom is -0.299 e. The second-order valence-electron chi connectivity index (χ2n) is 3.91. The summed E-state index contributed by atoms with van der Waals surface area (Å²) >= 11 is 0. The quantitative estimate of drug-likeness (QED) is 0.484. The predicted molar refractivity (Wildman–Crippen MR) is 44.1 cm³/mol. The highest BCUT2D eigenvalue weighted by molar-refractivity contribution is 5.87. The Labute approximate surface area is 67.5 Å². The number of rotatable bonds is 0. The molecule has 2 aliphatic carbocycles. The lowest BCUT2D eigenvalue weighted by molar-refractivity contribution is -0.126. The van der Waals surface area contributed by atoms with Gasteiger partial charge in [-0.15, -0.1) is 0 Å². The van der Waals surface area contributed by atoms with E-state index in [1.54, 1.807) is 0 Å². The van der Waals surface area contributed by atoms with Crippen LogP contribution in [0.25, 0.3) is 0 Å². The first-order valence-electron chi connectivity index (χ1n) is 4.42. The summed E-state index contributed by atoms with van der Waals surface area (Å²) in [5, 5.41) is 0. The van der Waals surface area contributed by atoms with Crippen molar-refractivity contribution in [3.8, 4) is 0 Å². The third-order valence-electron chi connectivity index (χ3n) is 3.34. The number of allylic oxidation sites excluding steroid dienone is 1. The van der Waals surface area contributed by atoms with Crippen LogP contribution >= 0.6 is 0 Å². The summed E-state index contributed by atoms with van der Waals surface area (Å²) in [5.41, 5.74) is 1.20. The molecular formula is C10H14O. The molecule has 0 radical (unpaired) electrons. The molecule has 0 aromatic rings. The third-order valence-corrected chi connectivity index (χ3v) is 3.34. The van der Waals surface area contributed by atoms with E-state index in [1.165, 1.54) is 12.0 Å². The third kappa shape index (κ3) is 0.867. The van der Waals surface area contributed by atoms with Crippen LogP contribution in [0, 0.1) is 17.8 Å². The zero-order chi connectivity index (χ0) is 8.01. The number of Topliss-reactive ketones (excluding diaryl/α,β-unsaturated/α-hetero) is 1. The van der Waals surface area contributed by atoms with Gasteiger partial charge in [0.05, 0.1) is 0 Å². The highest BCUT2D eigenvalue weighted by Gasteiger charge is 2.40. The van der Waals surface area contributed by atoms with Crippen LogP contribution < -0.4 is 0 Å². The van der Waals surface area contributed by atoms with E-state index in [2.05, 4.69) is 6.58 Å².